The van der Waals surface area contributed by atoms with Gasteiger partial charge in [0.05, 0.1) is 11.6 Å². The lowest BCUT2D eigenvalue weighted by molar-refractivity contribution is 0.195. The molecular weight excluding hydrogens is 314 g/mol. The predicted molar refractivity (Wildman–Crippen MR) is 90.1 cm³/mol. The lowest BCUT2D eigenvalue weighted by atomic mass is 10.2. The topological polar surface area (TPSA) is 54.5 Å². The van der Waals surface area contributed by atoms with Crippen molar-refractivity contribution in [1.82, 2.24) is 9.88 Å². The summed E-state index contributed by atoms with van der Waals surface area (Å²) in [5.41, 5.74) is 1.71. The zero-order valence-electron chi connectivity index (χ0n) is 12.8. The molecule has 1 unspecified atom stereocenters. The lowest BCUT2D eigenvalue weighted by Gasteiger charge is -2.19. The van der Waals surface area contributed by atoms with Crippen LogP contribution in [0.15, 0.2) is 42.7 Å². The molecule has 2 heterocycles. The minimum Gasteiger partial charge on any atom is -0.487 e. The van der Waals surface area contributed by atoms with Crippen molar-refractivity contribution in [3.63, 3.8) is 0 Å². The summed E-state index contributed by atoms with van der Waals surface area (Å²) in [5, 5.41) is 3.50. The maximum Gasteiger partial charge on any atom is 0.321 e. The van der Waals surface area contributed by atoms with Crippen LogP contribution < -0.4 is 10.1 Å². The average molecular weight is 332 g/mol. The Labute approximate surface area is 140 Å². The number of para-hydroxylation sites is 1. The Hall–Kier alpha value is -2.27. The first-order valence-electron chi connectivity index (χ1n) is 7.51. The molecule has 1 N–H and O–H groups in total. The Balaban J connectivity index is 1.58. The first-order valence-corrected chi connectivity index (χ1v) is 7.89. The third-order valence-corrected chi connectivity index (χ3v) is 4.14. The van der Waals surface area contributed by atoms with Crippen LogP contribution in [0, 0.1) is 6.92 Å². The van der Waals surface area contributed by atoms with Crippen molar-refractivity contribution in [3.8, 4) is 5.75 Å². The predicted octanol–water partition coefficient (Wildman–Crippen LogP) is 3.73. The van der Waals surface area contributed by atoms with E-state index < -0.39 is 0 Å². The summed E-state index contributed by atoms with van der Waals surface area (Å²) < 4.78 is 5.90. The molecule has 3 rings (SSSR count). The molecule has 23 heavy (non-hydrogen) atoms. The second kappa shape index (κ2) is 6.87. The monoisotopic (exact) mass is 331 g/mol. The molecule has 0 radical (unpaired) electrons. The molecule has 120 valence electrons. The average Bonchev–Trinajstić information content (AvgIpc) is 3.01. The van der Waals surface area contributed by atoms with E-state index in [0.717, 1.165) is 17.7 Å². The van der Waals surface area contributed by atoms with Crippen LogP contribution >= 0.6 is 11.6 Å². The first kappa shape index (κ1) is 15.6. The molecule has 0 saturated carbocycles. The van der Waals surface area contributed by atoms with Crippen LogP contribution in [-0.2, 0) is 0 Å². The van der Waals surface area contributed by atoms with Gasteiger partial charge in [0.25, 0.3) is 0 Å². The van der Waals surface area contributed by atoms with Gasteiger partial charge in [-0.25, -0.2) is 4.79 Å². The molecule has 1 aromatic carbocycles. The quantitative estimate of drug-likeness (QED) is 0.932. The van der Waals surface area contributed by atoms with E-state index in [9.17, 15) is 4.79 Å². The highest BCUT2D eigenvalue weighted by atomic mass is 35.5. The number of hydrogen-bond donors (Lipinski definition) is 1. The Morgan fingerprint density at radius 1 is 1.39 bits per heavy atom. The van der Waals surface area contributed by atoms with Crippen LogP contribution in [0.2, 0.25) is 5.02 Å². The van der Waals surface area contributed by atoms with Crippen molar-refractivity contribution < 1.29 is 9.53 Å². The molecule has 2 aromatic rings. The molecule has 0 aliphatic carbocycles. The zero-order chi connectivity index (χ0) is 16.2. The Morgan fingerprint density at radius 3 is 3.00 bits per heavy atom. The summed E-state index contributed by atoms with van der Waals surface area (Å²) >= 11 is 6.10. The fraction of sp³-hybridized carbons (Fsp3) is 0.294. The molecule has 1 atom stereocenters. The standard InChI is InChI=1S/C17H18ClN3O2/c1-12-10-19-8-6-15(12)20-17(22)21-9-7-13(11-21)23-16-5-3-2-4-14(16)18/h2-6,8,10,13H,7,9,11H2,1H3,(H,19,20,22). The SMILES string of the molecule is Cc1cnccc1NC(=O)N1CCC(Oc2ccccc2Cl)C1. The Bertz CT molecular complexity index is 708. The molecule has 0 bridgehead atoms. The minimum absolute atomic E-state index is 0.0424. The molecule has 2 amide bonds. The molecule has 1 aliphatic heterocycles. The van der Waals surface area contributed by atoms with Crippen LogP contribution in [0.4, 0.5) is 10.5 Å². The van der Waals surface area contributed by atoms with Gasteiger partial charge in [-0.15, -0.1) is 0 Å². The summed E-state index contributed by atoms with van der Waals surface area (Å²) in [6.45, 7) is 3.11. The van der Waals surface area contributed by atoms with Crippen LogP contribution in [-0.4, -0.2) is 35.1 Å². The fourth-order valence-electron chi connectivity index (χ4n) is 2.54. The number of halogens is 1. The van der Waals surface area contributed by atoms with Gasteiger partial charge in [-0.1, -0.05) is 23.7 Å². The number of rotatable bonds is 3. The van der Waals surface area contributed by atoms with Crippen molar-refractivity contribution in [2.75, 3.05) is 18.4 Å². The van der Waals surface area contributed by atoms with E-state index in [0.29, 0.717) is 23.9 Å². The van der Waals surface area contributed by atoms with Gasteiger partial charge < -0.3 is 15.0 Å². The summed E-state index contributed by atoms with van der Waals surface area (Å²) in [6, 6.07) is 9.05. The van der Waals surface area contributed by atoms with E-state index in [1.54, 1.807) is 29.4 Å². The van der Waals surface area contributed by atoms with Crippen LogP contribution in [0.1, 0.15) is 12.0 Å². The number of ether oxygens (including phenoxy) is 1. The normalized spacial score (nSPS) is 17.1. The highest BCUT2D eigenvalue weighted by Gasteiger charge is 2.28. The number of carbonyl (C=O) groups excluding carboxylic acids is 1. The van der Waals surface area contributed by atoms with Crippen molar-refractivity contribution >= 4 is 23.3 Å². The molecule has 1 saturated heterocycles. The van der Waals surface area contributed by atoms with E-state index in [1.807, 2.05) is 25.1 Å². The highest BCUT2D eigenvalue weighted by molar-refractivity contribution is 6.32. The largest absolute Gasteiger partial charge is 0.487 e. The fourth-order valence-corrected chi connectivity index (χ4v) is 2.72. The highest BCUT2D eigenvalue weighted by Crippen LogP contribution is 2.26. The van der Waals surface area contributed by atoms with Gasteiger partial charge in [0.15, 0.2) is 0 Å². The van der Waals surface area contributed by atoms with E-state index in [1.165, 1.54) is 0 Å². The Morgan fingerprint density at radius 2 is 2.22 bits per heavy atom. The maximum atomic E-state index is 12.3. The van der Waals surface area contributed by atoms with E-state index in [4.69, 9.17) is 16.3 Å². The lowest BCUT2D eigenvalue weighted by Crippen LogP contribution is -2.34. The number of aryl methyl sites for hydroxylation is 1. The van der Waals surface area contributed by atoms with Crippen LogP contribution in [0.5, 0.6) is 5.75 Å². The van der Waals surface area contributed by atoms with Gasteiger partial charge in [-0.05, 0) is 30.7 Å². The molecular formula is C17H18ClN3O2. The Kier molecular flexibility index (Phi) is 4.67. The molecule has 5 nitrogen and oxygen atoms in total. The first-order chi connectivity index (χ1) is 11.1. The third kappa shape index (κ3) is 3.74. The van der Waals surface area contributed by atoms with Gasteiger partial charge in [0.1, 0.15) is 11.9 Å². The van der Waals surface area contributed by atoms with E-state index in [-0.39, 0.29) is 12.1 Å². The van der Waals surface area contributed by atoms with E-state index >= 15 is 0 Å². The number of carbonyl (C=O) groups is 1. The van der Waals surface area contributed by atoms with Gasteiger partial charge in [0, 0.05) is 31.0 Å². The minimum atomic E-state index is -0.121. The number of anilines is 1. The van der Waals surface area contributed by atoms with Crippen molar-refractivity contribution in [1.29, 1.82) is 0 Å². The summed E-state index contributed by atoms with van der Waals surface area (Å²) in [4.78, 5) is 18.1. The van der Waals surface area contributed by atoms with Crippen LogP contribution in [0.3, 0.4) is 0 Å². The summed E-state index contributed by atoms with van der Waals surface area (Å²) in [7, 11) is 0. The number of pyridine rings is 1. The van der Waals surface area contributed by atoms with Crippen LogP contribution in [0.25, 0.3) is 0 Å². The maximum absolute atomic E-state index is 12.3. The molecule has 1 fully saturated rings. The summed E-state index contributed by atoms with van der Waals surface area (Å²) in [5.74, 6) is 0.659. The number of aromatic nitrogens is 1. The summed E-state index contributed by atoms with van der Waals surface area (Å²) in [6.07, 6.45) is 4.13. The smallest absolute Gasteiger partial charge is 0.321 e. The molecule has 6 heteroatoms. The second-order valence-electron chi connectivity index (χ2n) is 5.53. The number of nitrogens with zero attached hydrogens (tertiary/aromatic N) is 2. The van der Waals surface area contributed by atoms with Crippen molar-refractivity contribution in [3.05, 3.63) is 53.3 Å². The number of nitrogens with one attached hydrogen (secondary N) is 1. The van der Waals surface area contributed by atoms with Gasteiger partial charge in [-0.2, -0.15) is 0 Å². The molecule has 1 aromatic heterocycles. The molecule has 1 aliphatic rings. The zero-order valence-corrected chi connectivity index (χ0v) is 13.6. The van der Waals surface area contributed by atoms with Crippen molar-refractivity contribution in [2.45, 2.75) is 19.4 Å². The molecule has 0 spiro atoms. The third-order valence-electron chi connectivity index (χ3n) is 3.82. The number of hydrogen-bond acceptors (Lipinski definition) is 3. The number of benzene rings is 1. The van der Waals surface area contributed by atoms with Gasteiger partial charge in [0.2, 0.25) is 0 Å². The van der Waals surface area contributed by atoms with Gasteiger partial charge >= 0.3 is 6.03 Å². The van der Waals surface area contributed by atoms with E-state index in [2.05, 4.69) is 10.3 Å². The number of likely N-dealkylation sites (tertiary alicyclic amines) is 1. The number of urea groups is 1. The number of amides is 2. The van der Waals surface area contributed by atoms with Crippen molar-refractivity contribution in [2.24, 2.45) is 0 Å². The second-order valence-corrected chi connectivity index (χ2v) is 5.93. The van der Waals surface area contributed by atoms with Gasteiger partial charge in [-0.3, -0.25) is 4.98 Å².